The van der Waals surface area contributed by atoms with E-state index in [4.69, 9.17) is 6.11 Å². The molecule has 0 radical (unpaired) electrons. The second-order valence-corrected chi connectivity index (χ2v) is 12.5. The second-order valence-electron chi connectivity index (χ2n) is 9.55. The van der Waals surface area contributed by atoms with E-state index in [2.05, 4.69) is 17.6 Å². The van der Waals surface area contributed by atoms with Crippen LogP contribution in [0, 0.1) is 5.92 Å². The quantitative estimate of drug-likeness (QED) is 0.0513. The number of nitrogens with one attached hydrogen (secondary N) is 2. The standard InChI is InChI=1S/C23H36N4O9S2/c1-12(6-10-37-38-13(2)5-7-24-8-9-26-15(28)3-4-16(26)29)23(35)36-11-14-17(30)18(31)19(32)20-25-21(33)22(34)27(14)20/h12-14,17-20,24,30-32H,3-11H2,1-2H3,(H,25,33)/t12?,13?,14-,17-,18+,19+,20+/m1/s1/i3T/t3?,12?,13?,14-,17-,18+,19+,20+. The number of esters is 1. The smallest absolute Gasteiger partial charge is 0.314 e. The fraction of sp³-hybridized carbons (Fsp3) is 0.783. The molecule has 0 aromatic rings. The minimum atomic E-state index is -1.63. The largest absolute Gasteiger partial charge is 0.463 e. The highest BCUT2D eigenvalue weighted by atomic mass is 33.1. The fourth-order valence-corrected chi connectivity index (χ4v) is 6.87. The van der Waals surface area contributed by atoms with E-state index in [1.54, 1.807) is 28.5 Å². The van der Waals surface area contributed by atoms with Gasteiger partial charge in [-0.3, -0.25) is 28.9 Å². The summed E-state index contributed by atoms with van der Waals surface area (Å²) in [6, 6.07) is -1.18. The Balaban J connectivity index is 1.28. The number of ether oxygens (including phenoxy) is 1. The average molecular weight is 579 g/mol. The van der Waals surface area contributed by atoms with Gasteiger partial charge in [0.15, 0.2) is 0 Å². The molecule has 0 aromatic heterocycles. The second kappa shape index (κ2) is 13.9. The lowest BCUT2D eigenvalue weighted by Gasteiger charge is -2.44. The minimum Gasteiger partial charge on any atom is -0.463 e. The first kappa shape index (κ1) is 29.1. The van der Waals surface area contributed by atoms with Crippen molar-refractivity contribution in [3.05, 3.63) is 0 Å². The molecule has 3 aliphatic rings. The molecule has 0 aromatic carbocycles. The highest BCUT2D eigenvalue weighted by Gasteiger charge is 2.55. The lowest BCUT2D eigenvalue weighted by molar-refractivity contribution is -0.182. The van der Waals surface area contributed by atoms with Gasteiger partial charge in [0.25, 0.3) is 0 Å². The predicted octanol–water partition coefficient (Wildman–Crippen LogP) is -1.80. The topological polar surface area (TPSA) is 186 Å². The van der Waals surface area contributed by atoms with Crippen LogP contribution in [0.2, 0.25) is 0 Å². The Morgan fingerprint density at radius 1 is 1.13 bits per heavy atom. The van der Waals surface area contributed by atoms with Gasteiger partial charge in [-0.1, -0.05) is 35.4 Å². The van der Waals surface area contributed by atoms with E-state index < -0.39 is 73.1 Å². The maximum atomic E-state index is 12.5. The number of rotatable bonds is 14. The molecule has 3 fully saturated rings. The molecular formula is C23H36N4O9S2. The van der Waals surface area contributed by atoms with Crippen molar-refractivity contribution in [2.75, 3.05) is 32.0 Å². The van der Waals surface area contributed by atoms with Gasteiger partial charge in [-0.2, -0.15) is 0 Å². The SMILES string of the molecule is [3H]C1CC(=O)N(CCNCCC(C)SSCCC(C)C(=O)OC[C@@H]2[C@@H](O)[C@H](O)[C@H](O)[C@H]3NC(=O)C(=O)N23)C1=O. The number of imide groups is 1. The van der Waals surface area contributed by atoms with Crippen LogP contribution in [0.4, 0.5) is 0 Å². The number of amides is 4. The number of likely N-dealkylation sites (tertiary alicyclic amines) is 1. The third-order valence-electron chi connectivity index (χ3n) is 6.71. The average Bonchev–Trinajstić information content (AvgIpc) is 3.33. The van der Waals surface area contributed by atoms with Crippen LogP contribution in [-0.2, 0) is 28.7 Å². The van der Waals surface area contributed by atoms with Crippen molar-refractivity contribution in [2.45, 2.75) is 75.3 Å². The van der Waals surface area contributed by atoms with Gasteiger partial charge in [-0.25, -0.2) is 0 Å². The van der Waals surface area contributed by atoms with Crippen LogP contribution in [0.15, 0.2) is 0 Å². The van der Waals surface area contributed by atoms with Gasteiger partial charge >= 0.3 is 17.8 Å². The Morgan fingerprint density at radius 3 is 2.55 bits per heavy atom. The van der Waals surface area contributed by atoms with Crippen molar-refractivity contribution in [1.82, 2.24) is 20.4 Å². The number of carbonyl (C=O) groups is 5. The molecule has 3 unspecified atom stereocenters. The van der Waals surface area contributed by atoms with Crippen molar-refractivity contribution in [2.24, 2.45) is 5.92 Å². The first-order valence-electron chi connectivity index (χ1n) is 13.1. The Morgan fingerprint density at radius 2 is 1.87 bits per heavy atom. The zero-order valence-corrected chi connectivity index (χ0v) is 22.9. The Bertz CT molecular complexity index is 947. The van der Waals surface area contributed by atoms with Crippen LogP contribution in [0.25, 0.3) is 0 Å². The molecule has 38 heavy (non-hydrogen) atoms. The summed E-state index contributed by atoms with van der Waals surface area (Å²) in [6.45, 7) is 4.79. The summed E-state index contributed by atoms with van der Waals surface area (Å²) in [5.41, 5.74) is 0. The molecule has 3 rings (SSSR count). The number of piperidine rings is 1. The third kappa shape index (κ3) is 7.39. The number of hydrogen-bond donors (Lipinski definition) is 5. The summed E-state index contributed by atoms with van der Waals surface area (Å²) in [5.74, 6) is -3.01. The monoisotopic (exact) mass is 578 g/mol. The normalized spacial score (nSPS) is 31.2. The number of aliphatic hydroxyl groups is 3. The summed E-state index contributed by atoms with van der Waals surface area (Å²) in [4.78, 5) is 61.8. The van der Waals surface area contributed by atoms with Crippen molar-refractivity contribution in [3.63, 3.8) is 0 Å². The molecule has 15 heteroatoms. The van der Waals surface area contributed by atoms with Crippen LogP contribution < -0.4 is 10.6 Å². The van der Waals surface area contributed by atoms with Crippen molar-refractivity contribution in [1.29, 1.82) is 0 Å². The number of fused-ring (bicyclic) bond motifs is 1. The molecule has 13 nitrogen and oxygen atoms in total. The molecule has 3 aliphatic heterocycles. The molecule has 5 N–H and O–H groups in total. The number of carbonyl (C=O) groups excluding carboxylic acids is 5. The first-order chi connectivity index (χ1) is 18.4. The Hall–Kier alpha value is -1.91. The van der Waals surface area contributed by atoms with Crippen LogP contribution in [0.3, 0.4) is 0 Å². The van der Waals surface area contributed by atoms with Crippen LogP contribution in [0.1, 0.15) is 40.9 Å². The van der Waals surface area contributed by atoms with Crippen molar-refractivity contribution < 1.29 is 45.4 Å². The highest BCUT2D eigenvalue weighted by Crippen LogP contribution is 2.30. The molecule has 214 valence electrons. The molecule has 0 aliphatic carbocycles. The fourth-order valence-electron chi connectivity index (χ4n) is 4.31. The highest BCUT2D eigenvalue weighted by molar-refractivity contribution is 8.76. The molecule has 4 amide bonds. The van der Waals surface area contributed by atoms with E-state index in [0.717, 1.165) is 16.2 Å². The third-order valence-corrected chi connectivity index (χ3v) is 9.70. The number of hydrogen-bond acceptors (Lipinski definition) is 12. The van der Waals surface area contributed by atoms with Gasteiger partial charge in [-0.05, 0) is 19.4 Å². The molecule has 0 bridgehead atoms. The number of aliphatic hydroxyl groups excluding tert-OH is 3. The molecule has 8 atom stereocenters. The van der Waals surface area contributed by atoms with Gasteiger partial charge in [0.05, 0.1) is 12.0 Å². The molecule has 3 heterocycles. The van der Waals surface area contributed by atoms with Gasteiger partial charge in [-0.15, -0.1) is 0 Å². The predicted molar refractivity (Wildman–Crippen MR) is 138 cm³/mol. The molecule has 0 saturated carbocycles. The van der Waals surface area contributed by atoms with Crippen molar-refractivity contribution in [3.8, 4) is 0 Å². The van der Waals surface area contributed by atoms with Gasteiger partial charge in [0, 0.05) is 38.3 Å². The van der Waals surface area contributed by atoms with Gasteiger partial charge in [0.1, 0.15) is 31.1 Å². The summed E-state index contributed by atoms with van der Waals surface area (Å²) in [6.07, 6.45) is -5.64. The maximum Gasteiger partial charge on any atom is 0.314 e. The Kier molecular flexibility index (Phi) is 10.7. The minimum absolute atomic E-state index is 0.0429. The molecule has 3 saturated heterocycles. The summed E-state index contributed by atoms with van der Waals surface area (Å²) in [5, 5.41) is 36.3. The lowest BCUT2D eigenvalue weighted by atomic mass is 9.92. The first-order valence-corrected chi connectivity index (χ1v) is 14.9. The van der Waals surface area contributed by atoms with Crippen LogP contribution >= 0.6 is 21.6 Å². The van der Waals surface area contributed by atoms with Crippen molar-refractivity contribution >= 4 is 51.2 Å². The summed E-state index contributed by atoms with van der Waals surface area (Å²) in [7, 11) is 3.29. The van der Waals surface area contributed by atoms with Crippen LogP contribution in [-0.4, -0.2) is 122 Å². The van der Waals surface area contributed by atoms with E-state index in [9.17, 15) is 39.3 Å². The summed E-state index contributed by atoms with van der Waals surface area (Å²) < 4.78 is 12.8. The maximum absolute atomic E-state index is 12.5. The van der Waals surface area contributed by atoms with E-state index >= 15 is 0 Å². The lowest BCUT2D eigenvalue weighted by Crippen LogP contribution is -2.68. The zero-order chi connectivity index (χ0) is 28.9. The van der Waals surface area contributed by atoms with E-state index in [0.29, 0.717) is 30.5 Å². The van der Waals surface area contributed by atoms with E-state index in [1.807, 2.05) is 0 Å². The number of nitrogens with zero attached hydrogens (tertiary/aromatic N) is 2. The summed E-state index contributed by atoms with van der Waals surface area (Å²) >= 11 is 0. The van der Waals surface area contributed by atoms with Crippen LogP contribution in [0.5, 0.6) is 0 Å². The van der Waals surface area contributed by atoms with E-state index in [-0.39, 0.29) is 18.9 Å². The molecular weight excluding hydrogens is 540 g/mol. The molecule has 0 spiro atoms. The Labute approximate surface area is 230 Å². The van der Waals surface area contributed by atoms with E-state index in [1.165, 1.54) is 0 Å². The van der Waals surface area contributed by atoms with Gasteiger partial charge in [0.2, 0.25) is 11.8 Å². The zero-order valence-electron chi connectivity index (χ0n) is 22.3. The van der Waals surface area contributed by atoms with Gasteiger partial charge < -0.3 is 35.6 Å².